The van der Waals surface area contributed by atoms with Gasteiger partial charge < -0.3 is 14.9 Å². The molecule has 0 saturated heterocycles. The largest absolute Gasteiger partial charge is 0.427 e. The molecule has 0 bridgehead atoms. The molecule has 2 saturated carbocycles. The van der Waals surface area contributed by atoms with E-state index in [0.29, 0.717) is 24.5 Å². The number of esters is 1. The van der Waals surface area contributed by atoms with Crippen molar-refractivity contribution in [3.8, 4) is 5.75 Å². The van der Waals surface area contributed by atoms with Crippen molar-refractivity contribution in [2.45, 2.75) is 57.2 Å². The molecule has 0 heterocycles. The average molecular weight is 352 g/mol. The van der Waals surface area contributed by atoms with Crippen LogP contribution in [-0.2, 0) is 10.2 Å². The third kappa shape index (κ3) is 1.84. The van der Waals surface area contributed by atoms with Gasteiger partial charge in [-0.15, -0.1) is 0 Å². The number of hydrogen-bond donors (Lipinski definition) is 2. The Morgan fingerprint density at radius 3 is 2.81 bits per heavy atom. The number of rotatable bonds is 2. The Balaban J connectivity index is 1.66. The molecule has 2 aromatic rings. The summed E-state index contributed by atoms with van der Waals surface area (Å²) in [6.45, 7) is 3.92. The third-order valence-electron chi connectivity index (χ3n) is 7.35. The standard InChI is InChI=1S/C22H24O4/c1-3-19(25)26-14-5-6-15-12(8-14)4-7-16-20(15)17(23)11-21(2)18(24)9-13-10-22(13,16)21/h4-8,13,17-18,23-24H,3,9-11H2,1-2H3/t13?,17?,18?,21-,22?/m1/s1. The van der Waals surface area contributed by atoms with Crippen LogP contribution in [0.5, 0.6) is 5.75 Å². The summed E-state index contributed by atoms with van der Waals surface area (Å²) in [7, 11) is 0. The predicted molar refractivity (Wildman–Crippen MR) is 98.0 cm³/mol. The zero-order chi connectivity index (χ0) is 18.3. The Labute approximate surface area is 152 Å². The van der Waals surface area contributed by atoms with Gasteiger partial charge in [0.05, 0.1) is 12.2 Å². The first-order valence-electron chi connectivity index (χ1n) is 9.54. The van der Waals surface area contributed by atoms with Crippen LogP contribution in [0, 0.1) is 11.3 Å². The maximum atomic E-state index is 11.6. The van der Waals surface area contributed by atoms with Crippen molar-refractivity contribution in [2.75, 3.05) is 0 Å². The Hall–Kier alpha value is -1.91. The molecule has 0 aromatic heterocycles. The van der Waals surface area contributed by atoms with Crippen LogP contribution >= 0.6 is 0 Å². The molecule has 4 nitrogen and oxygen atoms in total. The van der Waals surface area contributed by atoms with Crippen LogP contribution in [0.3, 0.4) is 0 Å². The highest BCUT2D eigenvalue weighted by molar-refractivity contribution is 5.90. The quantitative estimate of drug-likeness (QED) is 0.640. The van der Waals surface area contributed by atoms with Gasteiger partial charge in [-0.25, -0.2) is 0 Å². The molecule has 0 amide bonds. The number of aliphatic hydroxyl groups is 2. The second kappa shape index (κ2) is 5.08. The lowest BCUT2D eigenvalue weighted by atomic mass is 9.60. The summed E-state index contributed by atoms with van der Waals surface area (Å²) < 4.78 is 5.34. The summed E-state index contributed by atoms with van der Waals surface area (Å²) in [5.74, 6) is 0.812. The Morgan fingerprint density at radius 1 is 1.23 bits per heavy atom. The number of aliphatic hydroxyl groups excluding tert-OH is 2. The maximum absolute atomic E-state index is 11.6. The number of hydrogen-bond acceptors (Lipinski definition) is 4. The van der Waals surface area contributed by atoms with E-state index in [1.807, 2.05) is 18.2 Å². The van der Waals surface area contributed by atoms with Gasteiger partial charge in [0.2, 0.25) is 0 Å². The van der Waals surface area contributed by atoms with E-state index >= 15 is 0 Å². The minimum atomic E-state index is -0.581. The van der Waals surface area contributed by atoms with Crippen LogP contribution in [-0.4, -0.2) is 22.3 Å². The lowest BCUT2D eigenvalue weighted by Gasteiger charge is -2.45. The van der Waals surface area contributed by atoms with Crippen LogP contribution in [0.15, 0.2) is 30.3 Å². The molecule has 26 heavy (non-hydrogen) atoms. The molecular formula is C22H24O4. The lowest BCUT2D eigenvalue weighted by Crippen LogP contribution is -2.44. The van der Waals surface area contributed by atoms with E-state index in [1.165, 1.54) is 5.56 Å². The van der Waals surface area contributed by atoms with Gasteiger partial charge in [0, 0.05) is 17.3 Å². The Morgan fingerprint density at radius 2 is 2.04 bits per heavy atom. The van der Waals surface area contributed by atoms with Crippen LogP contribution in [0.25, 0.3) is 10.8 Å². The van der Waals surface area contributed by atoms with Crippen molar-refractivity contribution in [1.82, 2.24) is 0 Å². The molecule has 5 rings (SSSR count). The van der Waals surface area contributed by atoms with Gasteiger partial charge in [0.15, 0.2) is 0 Å². The summed E-state index contributed by atoms with van der Waals surface area (Å²) in [6.07, 6.45) is 1.97. The van der Waals surface area contributed by atoms with Crippen molar-refractivity contribution in [3.05, 3.63) is 41.5 Å². The first-order chi connectivity index (χ1) is 12.4. The molecule has 0 aliphatic heterocycles. The Kier molecular flexibility index (Phi) is 3.18. The van der Waals surface area contributed by atoms with E-state index in [-0.39, 0.29) is 22.9 Å². The predicted octanol–water partition coefficient (Wildman–Crippen LogP) is 3.62. The minimum absolute atomic E-state index is 0.0164. The normalized spacial score (nSPS) is 37.0. The molecule has 5 atom stereocenters. The summed E-state index contributed by atoms with van der Waals surface area (Å²) in [5.41, 5.74) is 1.99. The zero-order valence-electron chi connectivity index (χ0n) is 15.2. The monoisotopic (exact) mass is 352 g/mol. The van der Waals surface area contributed by atoms with Gasteiger partial charge in [-0.05, 0) is 59.2 Å². The SMILES string of the molecule is CCC(=O)Oc1ccc2c3c(ccc2c1)C12CC1CC(O)[C@@]2(C)CC3O. The van der Waals surface area contributed by atoms with Crippen LogP contribution in [0.4, 0.5) is 0 Å². The fraction of sp³-hybridized carbons (Fsp3) is 0.500. The highest BCUT2D eigenvalue weighted by atomic mass is 16.5. The fourth-order valence-corrected chi connectivity index (χ4v) is 5.95. The zero-order valence-corrected chi connectivity index (χ0v) is 15.2. The highest BCUT2D eigenvalue weighted by Crippen LogP contribution is 2.77. The number of ether oxygens (including phenoxy) is 1. The maximum Gasteiger partial charge on any atom is 0.310 e. The molecule has 4 heteroatoms. The molecule has 2 N–H and O–H groups in total. The first kappa shape index (κ1) is 16.3. The fourth-order valence-electron chi connectivity index (χ4n) is 5.95. The van der Waals surface area contributed by atoms with Crippen molar-refractivity contribution >= 4 is 16.7 Å². The molecule has 4 unspecified atom stereocenters. The lowest BCUT2D eigenvalue weighted by molar-refractivity contribution is -0.134. The van der Waals surface area contributed by atoms with Crippen LogP contribution < -0.4 is 4.74 Å². The second-order valence-corrected chi connectivity index (χ2v) is 8.50. The van der Waals surface area contributed by atoms with Crippen molar-refractivity contribution < 1.29 is 19.7 Å². The van der Waals surface area contributed by atoms with E-state index in [4.69, 9.17) is 4.74 Å². The topological polar surface area (TPSA) is 66.8 Å². The first-order valence-corrected chi connectivity index (χ1v) is 9.54. The van der Waals surface area contributed by atoms with Gasteiger partial charge in [0.1, 0.15) is 5.75 Å². The molecule has 1 spiro atoms. The summed E-state index contributed by atoms with van der Waals surface area (Å²) in [6, 6.07) is 9.82. The molecule has 2 aromatic carbocycles. The summed E-state index contributed by atoms with van der Waals surface area (Å²) >= 11 is 0. The van der Waals surface area contributed by atoms with E-state index < -0.39 is 6.10 Å². The molecule has 3 aliphatic carbocycles. The summed E-state index contributed by atoms with van der Waals surface area (Å²) in [4.78, 5) is 11.6. The number of carbonyl (C=O) groups excluding carboxylic acids is 1. The second-order valence-electron chi connectivity index (χ2n) is 8.50. The van der Waals surface area contributed by atoms with E-state index in [9.17, 15) is 15.0 Å². The van der Waals surface area contributed by atoms with Gasteiger partial charge in [-0.2, -0.15) is 0 Å². The van der Waals surface area contributed by atoms with E-state index in [1.54, 1.807) is 6.92 Å². The van der Waals surface area contributed by atoms with Gasteiger partial charge >= 0.3 is 5.97 Å². The molecule has 2 fully saturated rings. The average Bonchev–Trinajstić information content (AvgIpc) is 3.28. The van der Waals surface area contributed by atoms with E-state index in [2.05, 4.69) is 19.1 Å². The minimum Gasteiger partial charge on any atom is -0.427 e. The van der Waals surface area contributed by atoms with Crippen molar-refractivity contribution in [3.63, 3.8) is 0 Å². The third-order valence-corrected chi connectivity index (χ3v) is 7.35. The summed E-state index contributed by atoms with van der Waals surface area (Å²) in [5, 5.41) is 23.6. The van der Waals surface area contributed by atoms with E-state index in [0.717, 1.165) is 29.2 Å². The smallest absolute Gasteiger partial charge is 0.310 e. The Bertz CT molecular complexity index is 935. The molecule has 0 radical (unpaired) electrons. The molecule has 3 aliphatic rings. The van der Waals surface area contributed by atoms with Crippen LogP contribution in [0.2, 0.25) is 0 Å². The number of carbonyl (C=O) groups is 1. The van der Waals surface area contributed by atoms with Crippen LogP contribution in [0.1, 0.15) is 56.8 Å². The van der Waals surface area contributed by atoms with Crippen molar-refractivity contribution in [2.24, 2.45) is 11.3 Å². The van der Waals surface area contributed by atoms with Crippen molar-refractivity contribution in [1.29, 1.82) is 0 Å². The number of fused-ring (bicyclic) bond motifs is 3. The molecular weight excluding hydrogens is 328 g/mol. The number of benzene rings is 2. The van der Waals surface area contributed by atoms with Gasteiger partial charge in [-0.1, -0.05) is 32.0 Å². The van der Waals surface area contributed by atoms with Gasteiger partial charge in [0.25, 0.3) is 0 Å². The van der Waals surface area contributed by atoms with Gasteiger partial charge in [-0.3, -0.25) is 4.79 Å². The highest BCUT2D eigenvalue weighted by Gasteiger charge is 2.74. The molecule has 136 valence electrons.